The van der Waals surface area contributed by atoms with Crippen LogP contribution in [-0.2, 0) is 9.59 Å². The fourth-order valence-corrected chi connectivity index (χ4v) is 4.29. The number of rotatable bonds is 2. The lowest BCUT2D eigenvalue weighted by molar-refractivity contribution is -0.147. The van der Waals surface area contributed by atoms with Crippen LogP contribution in [0.2, 0.25) is 0 Å². The Labute approximate surface area is 125 Å². The molecule has 3 rings (SSSR count). The van der Waals surface area contributed by atoms with Crippen molar-refractivity contribution in [1.82, 2.24) is 10.2 Å². The van der Waals surface area contributed by atoms with E-state index in [0.717, 1.165) is 51.4 Å². The lowest BCUT2D eigenvalue weighted by Crippen LogP contribution is -2.62. The third-order valence-electron chi connectivity index (χ3n) is 5.38. The number of amides is 4. The van der Waals surface area contributed by atoms with E-state index in [1.165, 1.54) is 4.90 Å². The van der Waals surface area contributed by atoms with Crippen molar-refractivity contribution in [3.63, 3.8) is 0 Å². The van der Waals surface area contributed by atoms with Gasteiger partial charge in [0.25, 0.3) is 0 Å². The van der Waals surface area contributed by atoms with Crippen LogP contribution >= 0.6 is 0 Å². The second kappa shape index (κ2) is 5.78. The maximum absolute atomic E-state index is 12.8. The van der Waals surface area contributed by atoms with Crippen LogP contribution in [0, 0.1) is 17.8 Å². The largest absolute Gasteiger partial charge is 0.331 e. The van der Waals surface area contributed by atoms with Crippen LogP contribution in [0.25, 0.3) is 0 Å². The Hall–Kier alpha value is -1.39. The molecule has 0 spiro atoms. The van der Waals surface area contributed by atoms with Crippen LogP contribution in [0.5, 0.6) is 0 Å². The quantitative estimate of drug-likeness (QED) is 0.795. The molecule has 116 valence electrons. The number of nitrogens with zero attached hydrogens (tertiary/aromatic N) is 1. The first-order valence-electron chi connectivity index (χ1n) is 8.26. The van der Waals surface area contributed by atoms with Crippen LogP contribution in [0.3, 0.4) is 0 Å². The molecule has 0 bridgehead atoms. The Morgan fingerprint density at radius 2 is 1.71 bits per heavy atom. The van der Waals surface area contributed by atoms with Gasteiger partial charge >= 0.3 is 6.03 Å². The zero-order valence-corrected chi connectivity index (χ0v) is 12.6. The van der Waals surface area contributed by atoms with Gasteiger partial charge in [0.2, 0.25) is 11.8 Å². The predicted octanol–water partition coefficient (Wildman–Crippen LogP) is 2.45. The van der Waals surface area contributed by atoms with Gasteiger partial charge in [-0.1, -0.05) is 32.6 Å². The van der Waals surface area contributed by atoms with Crippen LogP contribution in [-0.4, -0.2) is 28.8 Å². The summed E-state index contributed by atoms with van der Waals surface area (Å²) < 4.78 is 0. The van der Waals surface area contributed by atoms with Crippen molar-refractivity contribution in [2.75, 3.05) is 0 Å². The summed E-state index contributed by atoms with van der Waals surface area (Å²) in [7, 11) is 0. The molecule has 3 atom stereocenters. The molecule has 5 heteroatoms. The van der Waals surface area contributed by atoms with Crippen molar-refractivity contribution in [2.24, 2.45) is 17.8 Å². The Kier molecular flexibility index (Phi) is 4.00. The number of hydrogen-bond donors (Lipinski definition) is 1. The van der Waals surface area contributed by atoms with Crippen LogP contribution < -0.4 is 5.32 Å². The van der Waals surface area contributed by atoms with Gasteiger partial charge < -0.3 is 0 Å². The number of urea groups is 1. The highest BCUT2D eigenvalue weighted by molar-refractivity contribution is 6.16. The van der Waals surface area contributed by atoms with E-state index in [0.29, 0.717) is 5.92 Å². The minimum atomic E-state index is -0.637. The van der Waals surface area contributed by atoms with E-state index in [1.54, 1.807) is 0 Å². The molecule has 2 aliphatic carbocycles. The Balaban J connectivity index is 1.80. The third kappa shape index (κ3) is 2.70. The zero-order chi connectivity index (χ0) is 15.0. The fraction of sp³-hybridized carbons (Fsp3) is 0.812. The number of carbonyl (C=O) groups is 3. The summed E-state index contributed by atoms with van der Waals surface area (Å²) >= 11 is 0. The Bertz CT molecular complexity index is 456. The minimum absolute atomic E-state index is 0.0294. The van der Waals surface area contributed by atoms with E-state index in [9.17, 15) is 14.4 Å². The van der Waals surface area contributed by atoms with Gasteiger partial charge in [0.15, 0.2) is 0 Å². The number of carbonyl (C=O) groups excluding carboxylic acids is 3. The molecule has 0 radical (unpaired) electrons. The first-order chi connectivity index (χ1) is 10.1. The van der Waals surface area contributed by atoms with Crippen molar-refractivity contribution in [2.45, 2.75) is 64.3 Å². The topological polar surface area (TPSA) is 66.5 Å². The molecule has 5 nitrogen and oxygen atoms in total. The van der Waals surface area contributed by atoms with Gasteiger partial charge in [0.05, 0.1) is 0 Å². The molecule has 21 heavy (non-hydrogen) atoms. The molecule has 1 saturated heterocycles. The standard InChI is InChI=1S/C16H24N2O3/c1-10-5-4-8-12(9-10)18-15(20)13(11-6-2-3-7-11)14(19)17-16(18)21/h10-13H,2-9H2,1H3,(H,17,19,21). The summed E-state index contributed by atoms with van der Waals surface area (Å²) in [6.07, 6.45) is 7.95. The summed E-state index contributed by atoms with van der Waals surface area (Å²) in [6, 6.07) is -0.531. The molecule has 3 unspecified atom stereocenters. The SMILES string of the molecule is CC1CCCC(N2C(=O)NC(=O)C(C3CCCC3)C2=O)C1. The van der Waals surface area contributed by atoms with Crippen molar-refractivity contribution >= 4 is 17.8 Å². The highest BCUT2D eigenvalue weighted by Crippen LogP contribution is 2.36. The lowest BCUT2D eigenvalue weighted by atomic mass is 9.83. The van der Waals surface area contributed by atoms with Crippen molar-refractivity contribution < 1.29 is 14.4 Å². The van der Waals surface area contributed by atoms with Crippen molar-refractivity contribution in [3.05, 3.63) is 0 Å². The number of barbiturate groups is 1. The summed E-state index contributed by atoms with van der Waals surface area (Å²) in [5, 5.41) is 2.43. The molecular weight excluding hydrogens is 268 g/mol. The van der Waals surface area contributed by atoms with E-state index in [1.807, 2.05) is 0 Å². The average Bonchev–Trinajstić information content (AvgIpc) is 2.92. The van der Waals surface area contributed by atoms with E-state index in [4.69, 9.17) is 0 Å². The molecule has 0 aromatic carbocycles. The predicted molar refractivity (Wildman–Crippen MR) is 77.3 cm³/mol. The van der Waals surface area contributed by atoms with Gasteiger partial charge in [-0.25, -0.2) is 4.79 Å². The van der Waals surface area contributed by atoms with Crippen LogP contribution in [0.4, 0.5) is 4.79 Å². The van der Waals surface area contributed by atoms with Gasteiger partial charge in [-0.3, -0.25) is 19.8 Å². The summed E-state index contributed by atoms with van der Waals surface area (Å²) in [4.78, 5) is 38.4. The second-order valence-electron chi connectivity index (χ2n) is 6.95. The van der Waals surface area contributed by atoms with Crippen molar-refractivity contribution in [1.29, 1.82) is 0 Å². The number of imide groups is 2. The maximum atomic E-state index is 12.8. The van der Waals surface area contributed by atoms with Crippen LogP contribution in [0.15, 0.2) is 0 Å². The van der Waals surface area contributed by atoms with Crippen LogP contribution in [0.1, 0.15) is 58.3 Å². The van der Waals surface area contributed by atoms with E-state index >= 15 is 0 Å². The summed E-state index contributed by atoms with van der Waals surface area (Å²) in [6.45, 7) is 2.16. The molecule has 2 saturated carbocycles. The molecular formula is C16H24N2O3. The molecule has 1 heterocycles. The molecule has 4 amide bonds. The molecule has 1 N–H and O–H groups in total. The first-order valence-corrected chi connectivity index (χ1v) is 8.26. The van der Waals surface area contributed by atoms with Gasteiger partial charge in [-0.2, -0.15) is 0 Å². The highest BCUT2D eigenvalue weighted by Gasteiger charge is 2.47. The van der Waals surface area contributed by atoms with E-state index in [2.05, 4.69) is 12.2 Å². The summed E-state index contributed by atoms with van der Waals surface area (Å²) in [5.74, 6) is -0.602. The van der Waals surface area contributed by atoms with Gasteiger partial charge in [0.1, 0.15) is 5.92 Å². The smallest absolute Gasteiger partial charge is 0.277 e. The summed E-state index contributed by atoms with van der Waals surface area (Å²) in [5.41, 5.74) is 0. The lowest BCUT2D eigenvalue weighted by Gasteiger charge is -2.40. The highest BCUT2D eigenvalue weighted by atomic mass is 16.2. The van der Waals surface area contributed by atoms with E-state index < -0.39 is 11.9 Å². The molecule has 3 aliphatic rings. The van der Waals surface area contributed by atoms with E-state index in [-0.39, 0.29) is 23.8 Å². The first kappa shape index (κ1) is 14.5. The number of hydrogen-bond acceptors (Lipinski definition) is 3. The minimum Gasteiger partial charge on any atom is -0.277 e. The molecule has 0 aromatic heterocycles. The molecule has 1 aliphatic heterocycles. The average molecular weight is 292 g/mol. The fourth-order valence-electron chi connectivity index (χ4n) is 4.29. The monoisotopic (exact) mass is 292 g/mol. The normalized spacial score (nSPS) is 35.2. The molecule has 0 aromatic rings. The maximum Gasteiger partial charge on any atom is 0.331 e. The van der Waals surface area contributed by atoms with Gasteiger partial charge in [-0.05, 0) is 37.5 Å². The second-order valence-corrected chi connectivity index (χ2v) is 6.95. The third-order valence-corrected chi connectivity index (χ3v) is 5.38. The van der Waals surface area contributed by atoms with Gasteiger partial charge in [-0.15, -0.1) is 0 Å². The van der Waals surface area contributed by atoms with Gasteiger partial charge in [0, 0.05) is 6.04 Å². The Morgan fingerprint density at radius 1 is 1.00 bits per heavy atom. The zero-order valence-electron chi connectivity index (χ0n) is 12.6. The Morgan fingerprint density at radius 3 is 2.38 bits per heavy atom. The number of nitrogens with one attached hydrogen (secondary N) is 1. The molecule has 3 fully saturated rings. The van der Waals surface area contributed by atoms with Crippen molar-refractivity contribution in [3.8, 4) is 0 Å².